The van der Waals surface area contributed by atoms with Crippen LogP contribution in [0.15, 0.2) is 18.3 Å². The highest BCUT2D eigenvalue weighted by molar-refractivity contribution is 5.12. The molecule has 1 unspecified atom stereocenters. The Balaban J connectivity index is 2.58. The summed E-state index contributed by atoms with van der Waals surface area (Å²) in [5.41, 5.74) is 2.12. The largest absolute Gasteiger partial charge is 0.393 e. The molecule has 1 N–H and O–H groups in total. The lowest BCUT2D eigenvalue weighted by atomic mass is 10.1. The smallest absolute Gasteiger partial charge is 0.0593 e. The monoisotopic (exact) mass is 165 g/mol. The highest BCUT2D eigenvalue weighted by Crippen LogP contribution is 2.03. The molecule has 1 heterocycles. The third kappa shape index (κ3) is 2.62. The highest BCUT2D eigenvalue weighted by Gasteiger charge is 2.02. The summed E-state index contributed by atoms with van der Waals surface area (Å²) in [5.74, 6) is 0. The number of nitrogens with zero attached hydrogens (tertiary/aromatic N) is 1. The van der Waals surface area contributed by atoms with Gasteiger partial charge >= 0.3 is 0 Å². The predicted molar refractivity (Wildman–Crippen MR) is 49.0 cm³/mol. The lowest BCUT2D eigenvalue weighted by molar-refractivity contribution is 0.169. The number of hydrogen-bond acceptors (Lipinski definition) is 2. The molecule has 0 spiro atoms. The number of aliphatic hydroxyl groups is 1. The second kappa shape index (κ2) is 4.21. The zero-order chi connectivity index (χ0) is 8.97. The second-order valence-corrected chi connectivity index (χ2v) is 3.09. The predicted octanol–water partition coefficient (Wildman–Crippen LogP) is 1.70. The van der Waals surface area contributed by atoms with Crippen molar-refractivity contribution in [2.75, 3.05) is 0 Å². The van der Waals surface area contributed by atoms with Crippen LogP contribution in [-0.2, 0) is 6.42 Å². The van der Waals surface area contributed by atoms with E-state index >= 15 is 0 Å². The highest BCUT2D eigenvalue weighted by atomic mass is 16.3. The number of aryl methyl sites for hydroxylation is 1. The Bertz CT molecular complexity index is 230. The van der Waals surface area contributed by atoms with E-state index in [4.69, 9.17) is 0 Å². The Morgan fingerprint density at radius 3 is 2.75 bits per heavy atom. The fraction of sp³-hybridized carbons (Fsp3) is 0.500. The molecule has 0 fully saturated rings. The van der Waals surface area contributed by atoms with Crippen LogP contribution >= 0.6 is 0 Å². The van der Waals surface area contributed by atoms with Gasteiger partial charge in [-0.3, -0.25) is 4.98 Å². The molecule has 1 aromatic rings. The minimum absolute atomic E-state index is 0.250. The molecular formula is C10H15NO. The van der Waals surface area contributed by atoms with Gasteiger partial charge < -0.3 is 5.11 Å². The van der Waals surface area contributed by atoms with Crippen molar-refractivity contribution in [2.45, 2.75) is 32.8 Å². The van der Waals surface area contributed by atoms with Crippen LogP contribution in [0.5, 0.6) is 0 Å². The molecule has 66 valence electrons. The van der Waals surface area contributed by atoms with Crippen molar-refractivity contribution in [2.24, 2.45) is 0 Å². The van der Waals surface area contributed by atoms with E-state index in [1.807, 2.05) is 32.2 Å². The molecule has 1 atom stereocenters. The van der Waals surface area contributed by atoms with Crippen LogP contribution in [0.1, 0.15) is 24.6 Å². The molecular weight excluding hydrogens is 150 g/mol. The lowest BCUT2D eigenvalue weighted by Gasteiger charge is -2.06. The van der Waals surface area contributed by atoms with E-state index in [0.717, 1.165) is 17.7 Å². The maximum Gasteiger partial charge on any atom is 0.0593 e. The topological polar surface area (TPSA) is 33.1 Å². The van der Waals surface area contributed by atoms with E-state index in [1.165, 1.54) is 0 Å². The molecule has 2 heteroatoms. The van der Waals surface area contributed by atoms with Crippen LogP contribution in [-0.4, -0.2) is 16.2 Å². The van der Waals surface area contributed by atoms with Crippen LogP contribution in [0.2, 0.25) is 0 Å². The van der Waals surface area contributed by atoms with Gasteiger partial charge in [-0.2, -0.15) is 0 Å². The van der Waals surface area contributed by atoms with Gasteiger partial charge in [0, 0.05) is 18.3 Å². The Kier molecular flexibility index (Phi) is 3.23. The molecule has 0 bridgehead atoms. The minimum atomic E-state index is -0.250. The van der Waals surface area contributed by atoms with Gasteiger partial charge in [-0.1, -0.05) is 13.0 Å². The van der Waals surface area contributed by atoms with Gasteiger partial charge in [0.15, 0.2) is 0 Å². The van der Waals surface area contributed by atoms with E-state index in [0.29, 0.717) is 6.42 Å². The SMILES string of the molecule is CCC(O)Cc1ccc(C)cn1. The average Bonchev–Trinajstić information content (AvgIpc) is 2.09. The molecule has 12 heavy (non-hydrogen) atoms. The van der Waals surface area contributed by atoms with E-state index in [2.05, 4.69) is 4.98 Å². The number of aliphatic hydroxyl groups excluding tert-OH is 1. The van der Waals surface area contributed by atoms with E-state index in [9.17, 15) is 5.11 Å². The average molecular weight is 165 g/mol. The first-order valence-corrected chi connectivity index (χ1v) is 4.32. The van der Waals surface area contributed by atoms with E-state index in [1.54, 1.807) is 0 Å². The van der Waals surface area contributed by atoms with Crippen molar-refractivity contribution in [3.63, 3.8) is 0 Å². The number of rotatable bonds is 3. The van der Waals surface area contributed by atoms with Crippen molar-refractivity contribution < 1.29 is 5.11 Å². The van der Waals surface area contributed by atoms with Gasteiger partial charge in [-0.25, -0.2) is 0 Å². The fourth-order valence-corrected chi connectivity index (χ4v) is 1.00. The molecule has 0 saturated carbocycles. The molecule has 0 aliphatic carbocycles. The second-order valence-electron chi connectivity index (χ2n) is 3.09. The fourth-order valence-electron chi connectivity index (χ4n) is 1.00. The van der Waals surface area contributed by atoms with Crippen LogP contribution in [0.3, 0.4) is 0 Å². The first-order valence-electron chi connectivity index (χ1n) is 4.32. The van der Waals surface area contributed by atoms with E-state index < -0.39 is 0 Å². The summed E-state index contributed by atoms with van der Waals surface area (Å²) in [5, 5.41) is 9.34. The molecule has 0 aromatic carbocycles. The Morgan fingerprint density at radius 2 is 2.25 bits per heavy atom. The summed E-state index contributed by atoms with van der Waals surface area (Å²) in [6, 6.07) is 3.99. The number of pyridine rings is 1. The molecule has 1 aromatic heterocycles. The molecule has 0 radical (unpaired) electrons. The van der Waals surface area contributed by atoms with Gasteiger partial charge in [-0.15, -0.1) is 0 Å². The van der Waals surface area contributed by atoms with Gasteiger partial charge in [0.05, 0.1) is 6.10 Å². The Morgan fingerprint density at radius 1 is 1.50 bits per heavy atom. The van der Waals surface area contributed by atoms with Gasteiger partial charge in [0.25, 0.3) is 0 Å². The zero-order valence-electron chi connectivity index (χ0n) is 7.62. The van der Waals surface area contributed by atoms with Crippen LogP contribution < -0.4 is 0 Å². The molecule has 2 nitrogen and oxygen atoms in total. The van der Waals surface area contributed by atoms with Crippen LogP contribution in [0.25, 0.3) is 0 Å². The minimum Gasteiger partial charge on any atom is -0.393 e. The van der Waals surface area contributed by atoms with Crippen molar-refractivity contribution in [3.05, 3.63) is 29.6 Å². The number of aromatic nitrogens is 1. The van der Waals surface area contributed by atoms with Crippen molar-refractivity contribution >= 4 is 0 Å². The molecule has 1 rings (SSSR count). The summed E-state index contributed by atoms with van der Waals surface area (Å²) in [7, 11) is 0. The van der Waals surface area contributed by atoms with Crippen molar-refractivity contribution in [3.8, 4) is 0 Å². The van der Waals surface area contributed by atoms with Gasteiger partial charge in [0.2, 0.25) is 0 Å². The first-order chi connectivity index (χ1) is 5.72. The normalized spacial score (nSPS) is 12.9. The van der Waals surface area contributed by atoms with Crippen LogP contribution in [0, 0.1) is 6.92 Å². The quantitative estimate of drug-likeness (QED) is 0.739. The third-order valence-electron chi connectivity index (χ3n) is 1.89. The van der Waals surface area contributed by atoms with Crippen molar-refractivity contribution in [1.82, 2.24) is 4.98 Å². The first kappa shape index (κ1) is 9.20. The zero-order valence-corrected chi connectivity index (χ0v) is 7.62. The van der Waals surface area contributed by atoms with Crippen molar-refractivity contribution in [1.29, 1.82) is 0 Å². The summed E-state index contributed by atoms with van der Waals surface area (Å²) >= 11 is 0. The number of hydrogen-bond donors (Lipinski definition) is 1. The summed E-state index contributed by atoms with van der Waals surface area (Å²) in [4.78, 5) is 4.21. The molecule has 0 amide bonds. The maximum atomic E-state index is 9.34. The van der Waals surface area contributed by atoms with Crippen LogP contribution in [0.4, 0.5) is 0 Å². The summed E-state index contributed by atoms with van der Waals surface area (Å²) < 4.78 is 0. The lowest BCUT2D eigenvalue weighted by Crippen LogP contribution is -2.09. The Hall–Kier alpha value is -0.890. The Labute approximate surface area is 73.3 Å². The van der Waals surface area contributed by atoms with Gasteiger partial charge in [0.1, 0.15) is 0 Å². The molecule has 0 aliphatic heterocycles. The molecule has 0 aliphatic rings. The third-order valence-corrected chi connectivity index (χ3v) is 1.89. The standard InChI is InChI=1S/C10H15NO/c1-3-10(12)6-9-5-4-8(2)7-11-9/h4-5,7,10,12H,3,6H2,1-2H3. The van der Waals surface area contributed by atoms with Gasteiger partial charge in [-0.05, 0) is 25.0 Å². The maximum absolute atomic E-state index is 9.34. The van der Waals surface area contributed by atoms with E-state index in [-0.39, 0.29) is 6.10 Å². The summed E-state index contributed by atoms with van der Waals surface area (Å²) in [6.07, 6.45) is 3.03. The summed E-state index contributed by atoms with van der Waals surface area (Å²) in [6.45, 7) is 3.98. The molecule has 0 saturated heterocycles.